The van der Waals surface area contributed by atoms with Crippen molar-refractivity contribution in [2.24, 2.45) is 0 Å². The summed E-state index contributed by atoms with van der Waals surface area (Å²) in [6, 6.07) is 6.23. The standard InChI is InChI=1S/C16H23NO5/c1-14(18)21-11-6-4-2-3-5-7-12-22-16-10-8-9-15(13-16)17(19)20/h8-10,13H,2-7,11-12H2,1H3. The van der Waals surface area contributed by atoms with E-state index in [1.54, 1.807) is 12.1 Å². The molecule has 1 rings (SSSR count). The summed E-state index contributed by atoms with van der Waals surface area (Å²) in [7, 11) is 0. The number of esters is 1. The summed E-state index contributed by atoms with van der Waals surface area (Å²) in [5.74, 6) is 0.314. The Balaban J connectivity index is 2.00. The van der Waals surface area contributed by atoms with E-state index < -0.39 is 4.92 Å². The van der Waals surface area contributed by atoms with E-state index in [2.05, 4.69) is 0 Å². The van der Waals surface area contributed by atoms with Gasteiger partial charge in [0, 0.05) is 13.0 Å². The SMILES string of the molecule is CC(=O)OCCCCCCCCOc1cccc([N+](=O)[O-])c1. The minimum atomic E-state index is -0.428. The second kappa shape index (κ2) is 10.6. The first-order valence-corrected chi connectivity index (χ1v) is 7.60. The number of nitrogens with zero attached hydrogens (tertiary/aromatic N) is 1. The molecule has 1 aromatic carbocycles. The Hall–Kier alpha value is -2.11. The minimum absolute atomic E-state index is 0.0466. The zero-order valence-electron chi connectivity index (χ0n) is 13.0. The number of benzene rings is 1. The second-order valence-corrected chi connectivity index (χ2v) is 5.06. The van der Waals surface area contributed by atoms with Crippen LogP contribution in [0.2, 0.25) is 0 Å². The normalized spacial score (nSPS) is 10.2. The van der Waals surface area contributed by atoms with Crippen LogP contribution in [-0.4, -0.2) is 24.1 Å². The molecule has 0 aliphatic carbocycles. The average Bonchev–Trinajstić information content (AvgIpc) is 2.49. The van der Waals surface area contributed by atoms with E-state index in [0.29, 0.717) is 19.0 Å². The number of rotatable bonds is 11. The Morgan fingerprint density at radius 3 is 2.36 bits per heavy atom. The van der Waals surface area contributed by atoms with Crippen molar-refractivity contribution in [2.75, 3.05) is 13.2 Å². The third kappa shape index (κ3) is 8.24. The molecular weight excluding hydrogens is 286 g/mol. The lowest BCUT2D eigenvalue weighted by Crippen LogP contribution is -2.00. The number of hydrogen-bond acceptors (Lipinski definition) is 5. The van der Waals surface area contributed by atoms with Gasteiger partial charge in [-0.25, -0.2) is 0 Å². The zero-order chi connectivity index (χ0) is 16.2. The van der Waals surface area contributed by atoms with Gasteiger partial charge >= 0.3 is 5.97 Å². The van der Waals surface area contributed by atoms with E-state index in [0.717, 1.165) is 38.5 Å². The Morgan fingerprint density at radius 1 is 1.09 bits per heavy atom. The van der Waals surface area contributed by atoms with E-state index in [-0.39, 0.29) is 11.7 Å². The van der Waals surface area contributed by atoms with Crippen LogP contribution in [0.25, 0.3) is 0 Å². The molecule has 122 valence electrons. The summed E-state index contributed by atoms with van der Waals surface area (Å²) in [5, 5.41) is 10.6. The summed E-state index contributed by atoms with van der Waals surface area (Å²) < 4.78 is 10.4. The maximum Gasteiger partial charge on any atom is 0.302 e. The molecule has 0 N–H and O–H groups in total. The fraction of sp³-hybridized carbons (Fsp3) is 0.562. The van der Waals surface area contributed by atoms with Crippen molar-refractivity contribution in [2.45, 2.75) is 45.4 Å². The molecular formula is C16H23NO5. The van der Waals surface area contributed by atoms with Gasteiger partial charge in [0.1, 0.15) is 5.75 Å². The van der Waals surface area contributed by atoms with Gasteiger partial charge in [-0.15, -0.1) is 0 Å². The number of nitro groups is 1. The Bertz CT molecular complexity index is 475. The summed E-state index contributed by atoms with van der Waals surface area (Å²) in [4.78, 5) is 20.8. The van der Waals surface area contributed by atoms with E-state index in [1.807, 2.05) is 0 Å². The molecule has 6 nitrogen and oxygen atoms in total. The lowest BCUT2D eigenvalue weighted by Gasteiger charge is -2.06. The predicted molar refractivity (Wildman–Crippen MR) is 82.9 cm³/mol. The highest BCUT2D eigenvalue weighted by molar-refractivity contribution is 5.65. The highest BCUT2D eigenvalue weighted by atomic mass is 16.6. The lowest BCUT2D eigenvalue weighted by molar-refractivity contribution is -0.384. The third-order valence-electron chi connectivity index (χ3n) is 3.14. The van der Waals surface area contributed by atoms with Gasteiger partial charge in [0.25, 0.3) is 5.69 Å². The molecule has 0 fully saturated rings. The Labute approximate surface area is 130 Å². The summed E-state index contributed by atoms with van der Waals surface area (Å²) in [6.45, 7) is 2.49. The Morgan fingerprint density at radius 2 is 1.73 bits per heavy atom. The Kier molecular flexibility index (Phi) is 8.64. The predicted octanol–water partition coefficient (Wildman–Crippen LogP) is 3.88. The van der Waals surface area contributed by atoms with Crippen molar-refractivity contribution in [1.82, 2.24) is 0 Å². The quantitative estimate of drug-likeness (QED) is 0.268. The van der Waals surface area contributed by atoms with E-state index in [4.69, 9.17) is 9.47 Å². The fourth-order valence-electron chi connectivity index (χ4n) is 2.00. The van der Waals surface area contributed by atoms with Gasteiger partial charge in [-0.2, -0.15) is 0 Å². The zero-order valence-corrected chi connectivity index (χ0v) is 13.0. The van der Waals surface area contributed by atoms with Crippen LogP contribution in [0, 0.1) is 10.1 Å². The van der Waals surface area contributed by atoms with Crippen LogP contribution in [0.1, 0.15) is 45.4 Å². The first-order chi connectivity index (χ1) is 10.6. The summed E-state index contributed by atoms with van der Waals surface area (Å²) >= 11 is 0. The van der Waals surface area contributed by atoms with Crippen molar-refractivity contribution in [3.63, 3.8) is 0 Å². The molecule has 0 spiro atoms. The molecule has 0 saturated carbocycles. The molecule has 0 heterocycles. The lowest BCUT2D eigenvalue weighted by atomic mass is 10.1. The van der Waals surface area contributed by atoms with Gasteiger partial charge in [-0.1, -0.05) is 31.7 Å². The van der Waals surface area contributed by atoms with Crippen molar-refractivity contribution in [1.29, 1.82) is 0 Å². The maximum absolute atomic E-state index is 10.6. The average molecular weight is 309 g/mol. The molecule has 0 saturated heterocycles. The molecule has 0 atom stereocenters. The molecule has 0 aliphatic heterocycles. The summed E-state index contributed by atoms with van der Waals surface area (Å²) in [6.07, 6.45) is 6.16. The number of carbonyl (C=O) groups excluding carboxylic acids is 1. The van der Waals surface area contributed by atoms with Gasteiger partial charge in [0.2, 0.25) is 0 Å². The minimum Gasteiger partial charge on any atom is -0.493 e. The first-order valence-electron chi connectivity index (χ1n) is 7.60. The molecule has 0 radical (unpaired) electrons. The number of nitro benzene ring substituents is 1. The maximum atomic E-state index is 10.6. The number of carbonyl (C=O) groups is 1. The van der Waals surface area contributed by atoms with Crippen molar-refractivity contribution < 1.29 is 19.2 Å². The first kappa shape index (κ1) is 17.9. The van der Waals surface area contributed by atoms with Gasteiger partial charge in [-0.05, 0) is 18.9 Å². The number of non-ortho nitro benzene ring substituents is 1. The van der Waals surface area contributed by atoms with Gasteiger partial charge in [-0.3, -0.25) is 14.9 Å². The monoisotopic (exact) mass is 309 g/mol. The molecule has 0 aliphatic rings. The van der Waals surface area contributed by atoms with Crippen LogP contribution >= 0.6 is 0 Å². The number of unbranched alkanes of at least 4 members (excludes halogenated alkanes) is 5. The van der Waals surface area contributed by atoms with Gasteiger partial charge in [0.15, 0.2) is 0 Å². The molecule has 22 heavy (non-hydrogen) atoms. The highest BCUT2D eigenvalue weighted by Crippen LogP contribution is 2.19. The van der Waals surface area contributed by atoms with Crippen LogP contribution in [0.15, 0.2) is 24.3 Å². The fourth-order valence-corrected chi connectivity index (χ4v) is 2.00. The molecule has 0 unspecified atom stereocenters. The topological polar surface area (TPSA) is 78.7 Å². The number of ether oxygens (including phenoxy) is 2. The van der Waals surface area contributed by atoms with E-state index in [9.17, 15) is 14.9 Å². The van der Waals surface area contributed by atoms with Crippen molar-refractivity contribution in [3.05, 3.63) is 34.4 Å². The number of hydrogen-bond donors (Lipinski definition) is 0. The third-order valence-corrected chi connectivity index (χ3v) is 3.14. The van der Waals surface area contributed by atoms with Gasteiger partial charge in [0.05, 0.1) is 24.2 Å². The van der Waals surface area contributed by atoms with Crippen molar-refractivity contribution >= 4 is 11.7 Å². The van der Waals surface area contributed by atoms with Crippen LogP contribution in [0.5, 0.6) is 5.75 Å². The van der Waals surface area contributed by atoms with Crippen LogP contribution in [-0.2, 0) is 9.53 Å². The molecule has 1 aromatic rings. The van der Waals surface area contributed by atoms with E-state index >= 15 is 0 Å². The van der Waals surface area contributed by atoms with Crippen LogP contribution < -0.4 is 4.74 Å². The molecule has 0 bridgehead atoms. The smallest absolute Gasteiger partial charge is 0.302 e. The molecule has 0 amide bonds. The summed E-state index contributed by atoms with van der Waals surface area (Å²) in [5.41, 5.74) is 0.0466. The van der Waals surface area contributed by atoms with Crippen LogP contribution in [0.4, 0.5) is 5.69 Å². The largest absolute Gasteiger partial charge is 0.493 e. The highest BCUT2D eigenvalue weighted by Gasteiger charge is 2.05. The molecule has 6 heteroatoms. The molecule has 0 aromatic heterocycles. The van der Waals surface area contributed by atoms with E-state index in [1.165, 1.54) is 19.1 Å². The van der Waals surface area contributed by atoms with Gasteiger partial charge < -0.3 is 9.47 Å². The van der Waals surface area contributed by atoms with Crippen molar-refractivity contribution in [3.8, 4) is 5.75 Å². The van der Waals surface area contributed by atoms with Crippen LogP contribution in [0.3, 0.4) is 0 Å². The second-order valence-electron chi connectivity index (χ2n) is 5.06.